The van der Waals surface area contributed by atoms with Crippen molar-refractivity contribution in [2.75, 3.05) is 6.61 Å². The third-order valence-corrected chi connectivity index (χ3v) is 5.49. The minimum Gasteiger partial charge on any atom is -0.461 e. The van der Waals surface area contributed by atoms with E-state index in [0.717, 1.165) is 18.4 Å². The molecule has 1 amide bonds. The molecule has 7 heteroatoms. The van der Waals surface area contributed by atoms with E-state index in [1.807, 2.05) is 0 Å². The standard InChI is InChI=1S/C23H27FN2O4/c1-5-30-23(29)20-13(2)19(14(3)25-20)21(27)15(4)26(22(28)17-8-9-17)12-16-6-10-18(24)11-7-16/h6-7,10-11,15,17,25H,5,8-9,12H2,1-4H3. The minimum absolute atomic E-state index is 0.0655. The monoisotopic (exact) mass is 414 g/mol. The highest BCUT2D eigenvalue weighted by Gasteiger charge is 2.38. The molecule has 0 aliphatic heterocycles. The molecule has 0 radical (unpaired) electrons. The van der Waals surface area contributed by atoms with Gasteiger partial charge in [0.2, 0.25) is 5.91 Å². The van der Waals surface area contributed by atoms with Crippen LogP contribution in [0.15, 0.2) is 24.3 Å². The van der Waals surface area contributed by atoms with E-state index in [9.17, 15) is 18.8 Å². The number of esters is 1. The molecule has 30 heavy (non-hydrogen) atoms. The first-order valence-electron chi connectivity index (χ1n) is 10.2. The Hall–Kier alpha value is -2.96. The van der Waals surface area contributed by atoms with Gasteiger partial charge in [-0.05, 0) is 63.8 Å². The summed E-state index contributed by atoms with van der Waals surface area (Å²) in [6.07, 6.45) is 1.63. The van der Waals surface area contributed by atoms with Crippen molar-refractivity contribution in [3.63, 3.8) is 0 Å². The largest absolute Gasteiger partial charge is 0.461 e. The smallest absolute Gasteiger partial charge is 0.355 e. The summed E-state index contributed by atoms with van der Waals surface area (Å²) in [6.45, 7) is 7.29. The van der Waals surface area contributed by atoms with Crippen LogP contribution in [0.2, 0.25) is 0 Å². The minimum atomic E-state index is -0.730. The number of H-pyrrole nitrogens is 1. The maximum Gasteiger partial charge on any atom is 0.355 e. The topological polar surface area (TPSA) is 79.5 Å². The van der Waals surface area contributed by atoms with Gasteiger partial charge in [0.05, 0.1) is 12.6 Å². The summed E-state index contributed by atoms with van der Waals surface area (Å²) in [6, 6.07) is 5.18. The summed E-state index contributed by atoms with van der Waals surface area (Å²) in [4.78, 5) is 43.0. The van der Waals surface area contributed by atoms with Gasteiger partial charge in [-0.3, -0.25) is 9.59 Å². The van der Waals surface area contributed by atoms with Gasteiger partial charge in [-0.15, -0.1) is 0 Å². The van der Waals surface area contributed by atoms with Crippen LogP contribution in [0.3, 0.4) is 0 Å². The predicted octanol–water partition coefficient (Wildman–Crippen LogP) is 3.96. The van der Waals surface area contributed by atoms with Crippen LogP contribution in [0.4, 0.5) is 4.39 Å². The number of ketones is 1. The molecule has 1 aromatic carbocycles. The highest BCUT2D eigenvalue weighted by Crippen LogP contribution is 2.33. The number of aromatic amines is 1. The number of rotatable bonds is 8. The van der Waals surface area contributed by atoms with Crippen LogP contribution in [0, 0.1) is 25.6 Å². The Morgan fingerprint density at radius 2 is 1.83 bits per heavy atom. The second-order valence-corrected chi connectivity index (χ2v) is 7.75. The number of ether oxygens (including phenoxy) is 1. The average molecular weight is 414 g/mol. The second kappa shape index (κ2) is 8.81. The fourth-order valence-electron chi connectivity index (χ4n) is 3.63. The van der Waals surface area contributed by atoms with Crippen LogP contribution in [-0.4, -0.2) is 40.2 Å². The van der Waals surface area contributed by atoms with Crippen molar-refractivity contribution in [2.45, 2.75) is 53.1 Å². The van der Waals surface area contributed by atoms with Crippen LogP contribution in [0.25, 0.3) is 0 Å². The van der Waals surface area contributed by atoms with Crippen LogP contribution in [0.1, 0.15) is 64.4 Å². The summed E-state index contributed by atoms with van der Waals surface area (Å²) in [7, 11) is 0. The Labute approximate surface area is 175 Å². The zero-order chi connectivity index (χ0) is 22.0. The van der Waals surface area contributed by atoms with E-state index >= 15 is 0 Å². The highest BCUT2D eigenvalue weighted by atomic mass is 19.1. The number of carbonyl (C=O) groups is 3. The van der Waals surface area contributed by atoms with Crippen molar-refractivity contribution in [2.24, 2.45) is 5.92 Å². The van der Waals surface area contributed by atoms with Crippen molar-refractivity contribution in [1.29, 1.82) is 0 Å². The Morgan fingerprint density at radius 1 is 1.20 bits per heavy atom. The number of halogens is 1. The van der Waals surface area contributed by atoms with E-state index in [1.165, 1.54) is 12.1 Å². The van der Waals surface area contributed by atoms with Gasteiger partial charge < -0.3 is 14.6 Å². The number of nitrogens with one attached hydrogen (secondary N) is 1. The molecule has 0 spiro atoms. The van der Waals surface area contributed by atoms with Crippen LogP contribution >= 0.6 is 0 Å². The molecular weight excluding hydrogens is 387 g/mol. The molecule has 0 saturated heterocycles. The summed E-state index contributed by atoms with van der Waals surface area (Å²) in [5.74, 6) is -1.25. The van der Waals surface area contributed by atoms with Gasteiger partial charge in [-0.25, -0.2) is 9.18 Å². The van der Waals surface area contributed by atoms with Crippen LogP contribution in [-0.2, 0) is 16.1 Å². The molecule has 0 bridgehead atoms. The molecule has 6 nitrogen and oxygen atoms in total. The lowest BCUT2D eigenvalue weighted by Crippen LogP contribution is -2.43. The van der Waals surface area contributed by atoms with Crippen molar-refractivity contribution in [1.82, 2.24) is 9.88 Å². The zero-order valence-corrected chi connectivity index (χ0v) is 17.8. The fourth-order valence-corrected chi connectivity index (χ4v) is 3.63. The molecule has 1 saturated carbocycles. The fraction of sp³-hybridized carbons (Fsp3) is 0.435. The number of benzene rings is 1. The maximum atomic E-state index is 13.4. The molecule has 3 rings (SSSR count). The summed E-state index contributed by atoms with van der Waals surface area (Å²) >= 11 is 0. The summed E-state index contributed by atoms with van der Waals surface area (Å²) in [5, 5.41) is 0. The van der Waals surface area contributed by atoms with E-state index in [1.54, 1.807) is 44.7 Å². The van der Waals surface area contributed by atoms with Gasteiger partial charge in [0.1, 0.15) is 11.5 Å². The molecule has 1 heterocycles. The molecule has 1 aliphatic carbocycles. The zero-order valence-electron chi connectivity index (χ0n) is 17.8. The molecular formula is C23H27FN2O4. The third kappa shape index (κ3) is 4.45. The number of carbonyl (C=O) groups excluding carboxylic acids is 3. The molecule has 1 aromatic heterocycles. The van der Waals surface area contributed by atoms with E-state index in [-0.39, 0.29) is 42.3 Å². The quantitative estimate of drug-likeness (QED) is 0.524. The highest BCUT2D eigenvalue weighted by molar-refractivity contribution is 6.06. The van der Waals surface area contributed by atoms with Gasteiger partial charge in [-0.1, -0.05) is 12.1 Å². The first-order valence-corrected chi connectivity index (χ1v) is 10.2. The van der Waals surface area contributed by atoms with Gasteiger partial charge in [0.25, 0.3) is 0 Å². The molecule has 2 aromatic rings. The van der Waals surface area contributed by atoms with E-state index in [4.69, 9.17) is 4.74 Å². The van der Waals surface area contributed by atoms with Crippen molar-refractivity contribution in [3.05, 3.63) is 58.2 Å². The van der Waals surface area contributed by atoms with E-state index in [2.05, 4.69) is 4.98 Å². The Kier molecular flexibility index (Phi) is 6.39. The molecule has 1 aliphatic rings. The molecule has 1 fully saturated rings. The first kappa shape index (κ1) is 21.7. The number of aromatic nitrogens is 1. The van der Waals surface area contributed by atoms with Crippen LogP contribution < -0.4 is 0 Å². The van der Waals surface area contributed by atoms with Gasteiger partial charge in [-0.2, -0.15) is 0 Å². The first-order chi connectivity index (χ1) is 14.2. The molecule has 1 N–H and O–H groups in total. The lowest BCUT2D eigenvalue weighted by Gasteiger charge is -2.29. The number of amides is 1. The van der Waals surface area contributed by atoms with Gasteiger partial charge in [0, 0.05) is 23.7 Å². The predicted molar refractivity (Wildman–Crippen MR) is 110 cm³/mol. The second-order valence-electron chi connectivity index (χ2n) is 7.75. The number of hydrogen-bond acceptors (Lipinski definition) is 4. The normalized spacial score (nSPS) is 14.3. The Bertz CT molecular complexity index is 960. The molecule has 160 valence electrons. The van der Waals surface area contributed by atoms with Crippen molar-refractivity contribution in [3.8, 4) is 0 Å². The van der Waals surface area contributed by atoms with Gasteiger partial charge in [0.15, 0.2) is 5.78 Å². The summed E-state index contributed by atoms with van der Waals surface area (Å²) in [5.41, 5.74) is 2.48. The van der Waals surface area contributed by atoms with Gasteiger partial charge >= 0.3 is 5.97 Å². The summed E-state index contributed by atoms with van der Waals surface area (Å²) < 4.78 is 18.3. The van der Waals surface area contributed by atoms with E-state index in [0.29, 0.717) is 16.8 Å². The molecule has 1 atom stereocenters. The lowest BCUT2D eigenvalue weighted by molar-refractivity contribution is -0.134. The van der Waals surface area contributed by atoms with Crippen LogP contribution in [0.5, 0.6) is 0 Å². The number of aryl methyl sites for hydroxylation is 1. The SMILES string of the molecule is CCOC(=O)c1[nH]c(C)c(C(=O)C(C)N(Cc2ccc(F)cc2)C(=O)C2CC2)c1C. The Balaban J connectivity index is 1.89. The Morgan fingerprint density at radius 3 is 2.40 bits per heavy atom. The van der Waals surface area contributed by atoms with Crippen molar-refractivity contribution >= 4 is 17.7 Å². The maximum absolute atomic E-state index is 13.4. The van der Waals surface area contributed by atoms with E-state index < -0.39 is 12.0 Å². The van der Waals surface area contributed by atoms with Crippen molar-refractivity contribution < 1.29 is 23.5 Å². The molecule has 1 unspecified atom stereocenters. The third-order valence-electron chi connectivity index (χ3n) is 5.49. The lowest BCUT2D eigenvalue weighted by atomic mass is 9.99. The number of hydrogen-bond donors (Lipinski definition) is 1. The average Bonchev–Trinajstić information content (AvgIpc) is 3.51. The number of nitrogens with zero attached hydrogens (tertiary/aromatic N) is 1. The number of Topliss-reactive ketones (excluding diaryl/α,β-unsaturated/α-hetero) is 1.